The van der Waals surface area contributed by atoms with Crippen LogP contribution in [0.2, 0.25) is 0 Å². The number of aryl methyl sites for hydroxylation is 1. The van der Waals surface area contributed by atoms with Crippen LogP contribution in [0.3, 0.4) is 0 Å². The van der Waals surface area contributed by atoms with Crippen molar-refractivity contribution in [2.24, 2.45) is 0 Å². The number of hydrogen-bond donors (Lipinski definition) is 1. The van der Waals surface area contributed by atoms with E-state index in [2.05, 4.69) is 10.1 Å². The third-order valence-corrected chi connectivity index (χ3v) is 4.89. The molecule has 10 heteroatoms. The number of carbonyl (C=O) groups excluding carboxylic acids is 3. The molecule has 7 nitrogen and oxygen atoms in total. The summed E-state index contributed by atoms with van der Waals surface area (Å²) in [6.45, 7) is 1.86. The van der Waals surface area contributed by atoms with Crippen molar-refractivity contribution in [1.29, 1.82) is 0 Å². The van der Waals surface area contributed by atoms with Crippen LogP contribution in [0.1, 0.15) is 38.1 Å². The minimum absolute atomic E-state index is 0.0643. The van der Waals surface area contributed by atoms with Crippen LogP contribution in [-0.4, -0.2) is 37.7 Å². The van der Waals surface area contributed by atoms with Crippen molar-refractivity contribution >= 4 is 34.2 Å². The summed E-state index contributed by atoms with van der Waals surface area (Å²) in [4.78, 5) is 37.1. The summed E-state index contributed by atoms with van der Waals surface area (Å²) in [5.74, 6) is -2.10. The molecule has 0 aliphatic rings. The number of amides is 1. The van der Waals surface area contributed by atoms with Crippen molar-refractivity contribution in [3.63, 3.8) is 0 Å². The number of carbonyl (C=O) groups is 3. The number of halogens is 2. The SMILES string of the molecule is CCOC(=O)c1c(NC(=O)COC(=O)c2ccc(OC(F)F)cc2)sc(C)c1C. The Balaban J connectivity index is 1.97. The van der Waals surface area contributed by atoms with E-state index >= 15 is 0 Å². The number of benzene rings is 1. The summed E-state index contributed by atoms with van der Waals surface area (Å²) < 4.78 is 38.4. The Bertz CT molecular complexity index is 895. The van der Waals surface area contributed by atoms with Crippen molar-refractivity contribution < 1.29 is 37.4 Å². The van der Waals surface area contributed by atoms with Crippen LogP contribution in [0.25, 0.3) is 0 Å². The van der Waals surface area contributed by atoms with Crippen molar-refractivity contribution in [2.75, 3.05) is 18.5 Å². The van der Waals surface area contributed by atoms with Gasteiger partial charge in [-0.3, -0.25) is 4.79 Å². The standard InChI is InChI=1S/C19H19F2NO6S/c1-4-26-18(25)15-10(2)11(3)29-16(15)22-14(23)9-27-17(24)12-5-7-13(8-6-12)28-19(20)21/h5-8,19H,4,9H2,1-3H3,(H,22,23). The van der Waals surface area contributed by atoms with Gasteiger partial charge in [-0.15, -0.1) is 11.3 Å². The lowest BCUT2D eigenvalue weighted by Gasteiger charge is -2.08. The molecule has 1 aromatic carbocycles. The van der Waals surface area contributed by atoms with Crippen LogP contribution >= 0.6 is 11.3 Å². The predicted molar refractivity (Wildman–Crippen MR) is 102 cm³/mol. The molecule has 0 saturated heterocycles. The van der Waals surface area contributed by atoms with Crippen LogP contribution in [0.5, 0.6) is 5.75 Å². The fourth-order valence-corrected chi connectivity index (χ4v) is 3.38. The lowest BCUT2D eigenvalue weighted by molar-refractivity contribution is -0.119. The molecule has 1 aromatic heterocycles. The zero-order valence-corrected chi connectivity index (χ0v) is 16.7. The number of esters is 2. The summed E-state index contributed by atoms with van der Waals surface area (Å²) in [5, 5.41) is 2.86. The molecule has 0 radical (unpaired) electrons. The highest BCUT2D eigenvalue weighted by Gasteiger charge is 2.22. The molecule has 0 saturated carbocycles. The molecule has 29 heavy (non-hydrogen) atoms. The predicted octanol–water partition coefficient (Wildman–Crippen LogP) is 3.94. The van der Waals surface area contributed by atoms with Gasteiger partial charge in [0, 0.05) is 4.88 Å². The molecule has 0 aliphatic heterocycles. The van der Waals surface area contributed by atoms with Crippen LogP contribution in [0.15, 0.2) is 24.3 Å². The number of nitrogens with one attached hydrogen (secondary N) is 1. The first-order valence-electron chi connectivity index (χ1n) is 8.51. The Labute approximate surface area is 169 Å². The van der Waals surface area contributed by atoms with Gasteiger partial charge in [-0.25, -0.2) is 9.59 Å². The van der Waals surface area contributed by atoms with Gasteiger partial charge in [0.25, 0.3) is 5.91 Å². The monoisotopic (exact) mass is 427 g/mol. The zero-order valence-electron chi connectivity index (χ0n) is 15.9. The lowest BCUT2D eigenvalue weighted by atomic mass is 10.1. The molecule has 1 amide bonds. The fourth-order valence-electron chi connectivity index (χ4n) is 2.31. The van der Waals surface area contributed by atoms with Gasteiger partial charge in [0.1, 0.15) is 10.8 Å². The molecule has 0 unspecified atom stereocenters. The Hall–Kier alpha value is -3.01. The lowest BCUT2D eigenvalue weighted by Crippen LogP contribution is -2.21. The molecular weight excluding hydrogens is 408 g/mol. The van der Waals surface area contributed by atoms with Gasteiger partial charge in [-0.1, -0.05) is 0 Å². The third-order valence-electron chi connectivity index (χ3n) is 3.77. The Morgan fingerprint density at radius 1 is 1.07 bits per heavy atom. The molecule has 156 valence electrons. The Morgan fingerprint density at radius 2 is 1.72 bits per heavy atom. The summed E-state index contributed by atoms with van der Waals surface area (Å²) in [5.41, 5.74) is 1.03. The van der Waals surface area contributed by atoms with Crippen molar-refractivity contribution in [3.05, 3.63) is 45.8 Å². The van der Waals surface area contributed by atoms with E-state index in [4.69, 9.17) is 9.47 Å². The molecule has 1 heterocycles. The van der Waals surface area contributed by atoms with E-state index in [0.29, 0.717) is 10.6 Å². The van der Waals surface area contributed by atoms with Crippen LogP contribution in [-0.2, 0) is 14.3 Å². The van der Waals surface area contributed by atoms with Gasteiger partial charge in [0.2, 0.25) is 0 Å². The maximum absolute atomic E-state index is 12.1. The van der Waals surface area contributed by atoms with Gasteiger partial charge in [0.05, 0.1) is 17.7 Å². The third kappa shape index (κ3) is 5.98. The molecular formula is C19H19F2NO6S. The number of hydrogen-bond acceptors (Lipinski definition) is 7. The largest absolute Gasteiger partial charge is 0.462 e. The quantitative estimate of drug-likeness (QED) is 0.642. The Morgan fingerprint density at radius 3 is 2.31 bits per heavy atom. The molecule has 0 atom stereocenters. The van der Waals surface area contributed by atoms with E-state index in [1.54, 1.807) is 20.8 Å². The topological polar surface area (TPSA) is 90.9 Å². The van der Waals surface area contributed by atoms with Crippen molar-refractivity contribution in [2.45, 2.75) is 27.4 Å². The first-order chi connectivity index (χ1) is 13.7. The molecule has 2 aromatic rings. The van der Waals surface area contributed by atoms with E-state index in [-0.39, 0.29) is 23.5 Å². The Kier molecular flexibility index (Phi) is 7.66. The number of alkyl halides is 2. The van der Waals surface area contributed by atoms with Crippen LogP contribution < -0.4 is 10.1 Å². The summed E-state index contributed by atoms with van der Waals surface area (Å²) >= 11 is 1.21. The number of thiophene rings is 1. The molecule has 0 bridgehead atoms. The highest BCUT2D eigenvalue weighted by atomic mass is 32.1. The maximum Gasteiger partial charge on any atom is 0.387 e. The highest BCUT2D eigenvalue weighted by Crippen LogP contribution is 2.33. The summed E-state index contributed by atoms with van der Waals surface area (Å²) in [6.07, 6.45) is 0. The van der Waals surface area contributed by atoms with Gasteiger partial charge >= 0.3 is 18.6 Å². The molecule has 2 rings (SSSR count). The van der Waals surface area contributed by atoms with Crippen molar-refractivity contribution in [3.8, 4) is 5.75 Å². The number of anilines is 1. The second kappa shape index (κ2) is 9.97. The van der Waals surface area contributed by atoms with Gasteiger partial charge in [-0.2, -0.15) is 8.78 Å². The second-order valence-electron chi connectivity index (χ2n) is 5.74. The first-order valence-corrected chi connectivity index (χ1v) is 9.33. The van der Waals surface area contributed by atoms with Gasteiger partial charge < -0.3 is 19.5 Å². The molecule has 0 aliphatic carbocycles. The first kappa shape index (κ1) is 22.3. The summed E-state index contributed by atoms with van der Waals surface area (Å²) in [7, 11) is 0. The van der Waals surface area contributed by atoms with E-state index in [1.807, 2.05) is 0 Å². The highest BCUT2D eigenvalue weighted by molar-refractivity contribution is 7.16. The van der Waals surface area contributed by atoms with Crippen LogP contribution in [0, 0.1) is 13.8 Å². The van der Waals surface area contributed by atoms with Gasteiger partial charge in [0.15, 0.2) is 6.61 Å². The van der Waals surface area contributed by atoms with E-state index in [9.17, 15) is 23.2 Å². The van der Waals surface area contributed by atoms with Crippen LogP contribution in [0.4, 0.5) is 13.8 Å². The summed E-state index contributed by atoms with van der Waals surface area (Å²) in [6, 6.07) is 4.85. The minimum Gasteiger partial charge on any atom is -0.462 e. The molecule has 1 N–H and O–H groups in total. The molecule has 0 fully saturated rings. The van der Waals surface area contributed by atoms with E-state index in [1.165, 1.54) is 35.6 Å². The second-order valence-corrected chi connectivity index (χ2v) is 6.96. The number of rotatable bonds is 8. The number of ether oxygens (including phenoxy) is 3. The normalized spacial score (nSPS) is 10.6. The zero-order chi connectivity index (χ0) is 21.6. The van der Waals surface area contributed by atoms with E-state index < -0.39 is 31.1 Å². The molecule has 0 spiro atoms. The minimum atomic E-state index is -2.97. The fraction of sp³-hybridized carbons (Fsp3) is 0.316. The average molecular weight is 427 g/mol. The maximum atomic E-state index is 12.1. The van der Waals surface area contributed by atoms with Gasteiger partial charge in [-0.05, 0) is 50.6 Å². The van der Waals surface area contributed by atoms with E-state index in [0.717, 1.165) is 4.88 Å². The average Bonchev–Trinajstić information content (AvgIpc) is 2.93. The smallest absolute Gasteiger partial charge is 0.387 e. The van der Waals surface area contributed by atoms with Crippen molar-refractivity contribution in [1.82, 2.24) is 0 Å².